The van der Waals surface area contributed by atoms with Gasteiger partial charge in [-0.15, -0.1) is 0 Å². The summed E-state index contributed by atoms with van der Waals surface area (Å²) >= 11 is 0. The Morgan fingerprint density at radius 3 is 2.62 bits per heavy atom. The average Bonchev–Trinajstić information content (AvgIpc) is 2.04. The van der Waals surface area contributed by atoms with Crippen LogP contribution in [-0.4, -0.2) is 30.2 Å². The summed E-state index contributed by atoms with van der Waals surface area (Å²) in [5.41, 5.74) is 4.88. The minimum atomic E-state index is -1.06. The van der Waals surface area contributed by atoms with Crippen LogP contribution < -0.4 is 11.1 Å². The zero-order valence-electron chi connectivity index (χ0n) is 8.42. The number of primary amides is 1. The number of hydrogen-bond donors (Lipinski definition) is 3. The standard InChI is InChI=1S/C9H20N2O2/c1-3-4-7(2)5-11-6-8(12)9(10)13/h7-8,11-12H,3-6H2,1-2H3,(H2,10,13). The molecule has 0 fully saturated rings. The van der Waals surface area contributed by atoms with Crippen molar-refractivity contribution in [2.45, 2.75) is 32.8 Å². The lowest BCUT2D eigenvalue weighted by atomic mass is 10.1. The number of nitrogens with one attached hydrogen (secondary N) is 1. The lowest BCUT2D eigenvalue weighted by Crippen LogP contribution is -2.38. The Bertz CT molecular complexity index is 151. The van der Waals surface area contributed by atoms with E-state index < -0.39 is 12.0 Å². The van der Waals surface area contributed by atoms with Crippen molar-refractivity contribution in [1.82, 2.24) is 5.32 Å². The Labute approximate surface area is 79.5 Å². The van der Waals surface area contributed by atoms with Crippen molar-refractivity contribution in [3.05, 3.63) is 0 Å². The number of aliphatic hydroxyl groups is 1. The van der Waals surface area contributed by atoms with Gasteiger partial charge in [-0.25, -0.2) is 0 Å². The fraction of sp³-hybridized carbons (Fsp3) is 0.889. The van der Waals surface area contributed by atoms with Gasteiger partial charge in [0.25, 0.3) is 0 Å². The van der Waals surface area contributed by atoms with Crippen molar-refractivity contribution in [2.24, 2.45) is 11.7 Å². The first-order valence-corrected chi connectivity index (χ1v) is 4.76. The average molecular weight is 188 g/mol. The molecule has 0 heterocycles. The third kappa shape index (κ3) is 6.54. The summed E-state index contributed by atoms with van der Waals surface area (Å²) in [5.74, 6) is -0.0966. The third-order valence-electron chi connectivity index (χ3n) is 1.94. The SMILES string of the molecule is CCCC(C)CNCC(O)C(N)=O. The molecule has 0 aliphatic rings. The summed E-state index contributed by atoms with van der Waals surface area (Å²) in [6.45, 7) is 5.34. The second kappa shape index (κ2) is 6.86. The van der Waals surface area contributed by atoms with Crippen LogP contribution in [0.3, 0.4) is 0 Å². The van der Waals surface area contributed by atoms with Crippen LogP contribution in [0.4, 0.5) is 0 Å². The fourth-order valence-corrected chi connectivity index (χ4v) is 1.16. The predicted molar refractivity (Wildman–Crippen MR) is 52.1 cm³/mol. The zero-order chi connectivity index (χ0) is 10.3. The monoisotopic (exact) mass is 188 g/mol. The molecule has 2 atom stereocenters. The molecule has 0 aromatic carbocycles. The topological polar surface area (TPSA) is 75.3 Å². The number of nitrogens with two attached hydrogens (primary N) is 1. The maximum Gasteiger partial charge on any atom is 0.247 e. The van der Waals surface area contributed by atoms with Crippen molar-refractivity contribution in [2.75, 3.05) is 13.1 Å². The highest BCUT2D eigenvalue weighted by molar-refractivity contribution is 5.78. The first-order chi connectivity index (χ1) is 6.07. The molecule has 0 aliphatic heterocycles. The predicted octanol–water partition coefficient (Wildman–Crippen LogP) is -0.142. The van der Waals surface area contributed by atoms with E-state index in [0.29, 0.717) is 5.92 Å². The van der Waals surface area contributed by atoms with Gasteiger partial charge in [0, 0.05) is 6.54 Å². The molecule has 4 nitrogen and oxygen atoms in total. The lowest BCUT2D eigenvalue weighted by molar-refractivity contribution is -0.125. The molecular formula is C9H20N2O2. The van der Waals surface area contributed by atoms with Gasteiger partial charge >= 0.3 is 0 Å². The lowest BCUT2D eigenvalue weighted by Gasteiger charge is -2.12. The van der Waals surface area contributed by atoms with E-state index in [4.69, 9.17) is 10.8 Å². The maximum atomic E-state index is 10.4. The van der Waals surface area contributed by atoms with Crippen LogP contribution in [-0.2, 0) is 4.79 Å². The van der Waals surface area contributed by atoms with Gasteiger partial charge in [0.05, 0.1) is 0 Å². The van der Waals surface area contributed by atoms with Crippen LogP contribution in [0.5, 0.6) is 0 Å². The van der Waals surface area contributed by atoms with Crippen LogP contribution in [0, 0.1) is 5.92 Å². The number of aliphatic hydroxyl groups excluding tert-OH is 1. The van der Waals surface area contributed by atoms with Crippen molar-refractivity contribution in [1.29, 1.82) is 0 Å². The molecule has 1 amide bonds. The molecule has 4 N–H and O–H groups in total. The highest BCUT2D eigenvalue weighted by Crippen LogP contribution is 2.02. The normalized spacial score (nSPS) is 15.3. The quantitative estimate of drug-likeness (QED) is 0.520. The van der Waals surface area contributed by atoms with E-state index in [1.54, 1.807) is 0 Å². The largest absolute Gasteiger partial charge is 0.382 e. The van der Waals surface area contributed by atoms with Crippen LogP contribution >= 0.6 is 0 Å². The summed E-state index contributed by atoms with van der Waals surface area (Å²) in [6.07, 6.45) is 1.25. The van der Waals surface area contributed by atoms with Gasteiger partial charge in [-0.3, -0.25) is 4.79 Å². The molecule has 0 radical (unpaired) electrons. The molecule has 0 aliphatic carbocycles. The second-order valence-corrected chi connectivity index (χ2v) is 3.47. The molecule has 0 aromatic heterocycles. The van der Waals surface area contributed by atoms with Crippen molar-refractivity contribution < 1.29 is 9.90 Å². The van der Waals surface area contributed by atoms with Crippen LogP contribution in [0.15, 0.2) is 0 Å². The summed E-state index contributed by atoms with van der Waals surface area (Å²) < 4.78 is 0. The molecular weight excluding hydrogens is 168 g/mol. The fourth-order valence-electron chi connectivity index (χ4n) is 1.16. The highest BCUT2D eigenvalue weighted by Gasteiger charge is 2.09. The molecule has 0 rings (SSSR count). The number of rotatable bonds is 7. The van der Waals surface area contributed by atoms with E-state index in [0.717, 1.165) is 19.4 Å². The Morgan fingerprint density at radius 1 is 1.54 bits per heavy atom. The molecule has 78 valence electrons. The van der Waals surface area contributed by atoms with Gasteiger partial charge in [0.15, 0.2) is 0 Å². The first kappa shape index (κ1) is 12.4. The summed E-state index contributed by atoms with van der Waals surface area (Å²) in [5, 5.41) is 12.0. The number of amides is 1. The van der Waals surface area contributed by atoms with Crippen LogP contribution in [0.25, 0.3) is 0 Å². The minimum absolute atomic E-state index is 0.253. The Hall–Kier alpha value is -0.610. The van der Waals surface area contributed by atoms with Gasteiger partial charge in [-0.1, -0.05) is 20.3 Å². The van der Waals surface area contributed by atoms with Gasteiger partial charge in [-0.2, -0.15) is 0 Å². The number of carbonyl (C=O) groups excluding carboxylic acids is 1. The van der Waals surface area contributed by atoms with Gasteiger partial charge in [-0.05, 0) is 18.9 Å². The van der Waals surface area contributed by atoms with Crippen molar-refractivity contribution >= 4 is 5.91 Å². The molecule has 0 aromatic rings. The first-order valence-electron chi connectivity index (χ1n) is 4.76. The second-order valence-electron chi connectivity index (χ2n) is 3.47. The van der Waals surface area contributed by atoms with Crippen molar-refractivity contribution in [3.8, 4) is 0 Å². The molecule has 13 heavy (non-hydrogen) atoms. The molecule has 0 saturated heterocycles. The number of hydrogen-bond acceptors (Lipinski definition) is 3. The van der Waals surface area contributed by atoms with E-state index in [1.807, 2.05) is 0 Å². The minimum Gasteiger partial charge on any atom is -0.382 e. The van der Waals surface area contributed by atoms with Gasteiger partial charge < -0.3 is 16.2 Å². The molecule has 2 unspecified atom stereocenters. The van der Waals surface area contributed by atoms with E-state index >= 15 is 0 Å². The molecule has 0 spiro atoms. The highest BCUT2D eigenvalue weighted by atomic mass is 16.3. The van der Waals surface area contributed by atoms with Crippen molar-refractivity contribution in [3.63, 3.8) is 0 Å². The van der Waals surface area contributed by atoms with E-state index in [1.165, 1.54) is 0 Å². The van der Waals surface area contributed by atoms with Crippen LogP contribution in [0.1, 0.15) is 26.7 Å². The van der Waals surface area contributed by atoms with Gasteiger partial charge in [0.2, 0.25) is 5.91 Å². The Balaban J connectivity index is 3.39. The number of carbonyl (C=O) groups is 1. The van der Waals surface area contributed by atoms with E-state index in [2.05, 4.69) is 19.2 Å². The summed E-state index contributed by atoms with van der Waals surface area (Å²) in [7, 11) is 0. The molecule has 0 saturated carbocycles. The van der Waals surface area contributed by atoms with Crippen LogP contribution in [0.2, 0.25) is 0 Å². The Kier molecular flexibility index (Phi) is 6.54. The zero-order valence-corrected chi connectivity index (χ0v) is 8.42. The summed E-state index contributed by atoms with van der Waals surface area (Å²) in [6, 6.07) is 0. The van der Waals surface area contributed by atoms with Gasteiger partial charge in [0.1, 0.15) is 6.10 Å². The van der Waals surface area contributed by atoms with E-state index in [-0.39, 0.29) is 6.54 Å². The van der Waals surface area contributed by atoms with E-state index in [9.17, 15) is 4.79 Å². The smallest absolute Gasteiger partial charge is 0.247 e. The summed E-state index contributed by atoms with van der Waals surface area (Å²) in [4.78, 5) is 10.4. The molecule has 4 heteroatoms. The molecule has 0 bridgehead atoms. The third-order valence-corrected chi connectivity index (χ3v) is 1.94. The Morgan fingerprint density at radius 2 is 2.15 bits per heavy atom. The maximum absolute atomic E-state index is 10.4.